The molecule has 0 saturated carbocycles. The Balaban J connectivity index is 2.41. The number of nitrogens with zero attached hydrogens (tertiary/aromatic N) is 1. The predicted octanol–water partition coefficient (Wildman–Crippen LogP) is 3.37. The number of rotatable bonds is 2. The van der Waals surface area contributed by atoms with Gasteiger partial charge in [0.1, 0.15) is 0 Å². The Morgan fingerprint density at radius 1 is 1.18 bits per heavy atom. The quantitative estimate of drug-likeness (QED) is 0.734. The number of fused-ring (bicyclic) bond motifs is 1. The first-order valence-electron chi connectivity index (χ1n) is 5.63. The molecule has 0 bridgehead atoms. The third-order valence-electron chi connectivity index (χ3n) is 3.17. The van der Waals surface area contributed by atoms with Crippen LogP contribution in [-0.4, -0.2) is 4.57 Å². The number of benzene rings is 1. The number of thiophene rings is 1. The minimum absolute atomic E-state index is 0.578. The molecule has 3 rings (SSSR count). The average Bonchev–Trinajstić information content (AvgIpc) is 2.96. The van der Waals surface area contributed by atoms with Gasteiger partial charge in [-0.3, -0.25) is 0 Å². The van der Waals surface area contributed by atoms with Gasteiger partial charge in [0, 0.05) is 30.1 Å². The molecule has 0 atom stereocenters. The molecule has 2 aromatic heterocycles. The maximum absolute atomic E-state index is 5.93. The molecule has 0 fully saturated rings. The van der Waals surface area contributed by atoms with Crippen LogP contribution in [0.2, 0.25) is 0 Å². The molecular formula is C14H14N2S. The van der Waals surface area contributed by atoms with Gasteiger partial charge < -0.3 is 10.3 Å². The Morgan fingerprint density at radius 2 is 2.00 bits per heavy atom. The molecule has 0 spiro atoms. The average molecular weight is 242 g/mol. The lowest BCUT2D eigenvalue weighted by Crippen LogP contribution is -1.98. The normalized spacial score (nSPS) is 11.2. The summed E-state index contributed by atoms with van der Waals surface area (Å²) in [5.74, 6) is 0. The van der Waals surface area contributed by atoms with Crippen molar-refractivity contribution in [2.45, 2.75) is 6.54 Å². The van der Waals surface area contributed by atoms with Crippen molar-refractivity contribution in [1.82, 2.24) is 4.57 Å². The van der Waals surface area contributed by atoms with E-state index in [9.17, 15) is 0 Å². The largest absolute Gasteiger partial charge is 0.343 e. The van der Waals surface area contributed by atoms with Crippen LogP contribution in [0, 0.1) is 0 Å². The third-order valence-corrected chi connectivity index (χ3v) is 4.05. The first-order chi connectivity index (χ1) is 8.33. The Bertz CT molecular complexity index is 650. The number of aromatic nitrogens is 1. The topological polar surface area (TPSA) is 30.9 Å². The summed E-state index contributed by atoms with van der Waals surface area (Å²) in [6, 6.07) is 12.7. The molecule has 0 saturated heterocycles. The molecule has 0 aliphatic carbocycles. The summed E-state index contributed by atoms with van der Waals surface area (Å²) >= 11 is 1.76. The van der Waals surface area contributed by atoms with E-state index in [-0.39, 0.29) is 0 Å². The van der Waals surface area contributed by atoms with Gasteiger partial charge in [0.05, 0.1) is 10.6 Å². The van der Waals surface area contributed by atoms with Gasteiger partial charge in [-0.25, -0.2) is 0 Å². The van der Waals surface area contributed by atoms with E-state index >= 15 is 0 Å². The van der Waals surface area contributed by atoms with Gasteiger partial charge >= 0.3 is 0 Å². The van der Waals surface area contributed by atoms with Crippen LogP contribution in [0.25, 0.3) is 21.5 Å². The minimum Gasteiger partial charge on any atom is -0.343 e. The van der Waals surface area contributed by atoms with Crippen LogP contribution < -0.4 is 5.73 Å². The van der Waals surface area contributed by atoms with Gasteiger partial charge in [0.15, 0.2) is 0 Å². The summed E-state index contributed by atoms with van der Waals surface area (Å²) in [5, 5.41) is 3.37. The molecule has 2 heterocycles. The van der Waals surface area contributed by atoms with E-state index in [1.54, 1.807) is 11.3 Å². The van der Waals surface area contributed by atoms with Crippen LogP contribution in [0.5, 0.6) is 0 Å². The van der Waals surface area contributed by atoms with Gasteiger partial charge in [-0.05, 0) is 17.5 Å². The molecule has 0 aliphatic rings. The summed E-state index contributed by atoms with van der Waals surface area (Å²) in [6.45, 7) is 0.578. The minimum atomic E-state index is 0.578. The molecule has 2 N–H and O–H groups in total. The summed E-state index contributed by atoms with van der Waals surface area (Å²) < 4.78 is 2.24. The van der Waals surface area contributed by atoms with Crippen molar-refractivity contribution in [2.75, 3.05) is 0 Å². The van der Waals surface area contributed by atoms with E-state index in [1.807, 2.05) is 0 Å². The highest BCUT2D eigenvalue weighted by Gasteiger charge is 2.15. The maximum atomic E-state index is 5.93. The van der Waals surface area contributed by atoms with E-state index in [1.165, 1.54) is 27.0 Å². The zero-order valence-electron chi connectivity index (χ0n) is 9.68. The van der Waals surface area contributed by atoms with E-state index in [4.69, 9.17) is 5.73 Å². The van der Waals surface area contributed by atoms with Crippen LogP contribution in [0.3, 0.4) is 0 Å². The van der Waals surface area contributed by atoms with Gasteiger partial charge in [0.2, 0.25) is 0 Å². The summed E-state index contributed by atoms with van der Waals surface area (Å²) in [7, 11) is 2.11. The molecule has 0 radical (unpaired) electrons. The van der Waals surface area contributed by atoms with Gasteiger partial charge in [-0.15, -0.1) is 11.3 Å². The zero-order valence-corrected chi connectivity index (χ0v) is 10.5. The van der Waals surface area contributed by atoms with E-state index in [2.05, 4.69) is 53.4 Å². The third kappa shape index (κ3) is 1.51. The van der Waals surface area contributed by atoms with Crippen molar-refractivity contribution in [2.24, 2.45) is 12.8 Å². The second-order valence-electron chi connectivity index (χ2n) is 4.08. The number of hydrogen-bond acceptors (Lipinski definition) is 2. The molecule has 1 aromatic carbocycles. The van der Waals surface area contributed by atoms with Crippen LogP contribution in [0.1, 0.15) is 5.56 Å². The lowest BCUT2D eigenvalue weighted by molar-refractivity contribution is 0.962. The summed E-state index contributed by atoms with van der Waals surface area (Å²) in [4.78, 5) is 1.28. The Morgan fingerprint density at radius 3 is 2.71 bits per heavy atom. The first kappa shape index (κ1) is 10.6. The lowest BCUT2D eigenvalue weighted by Gasteiger charge is -2.03. The number of hydrogen-bond donors (Lipinski definition) is 1. The fraction of sp³-hybridized carbons (Fsp3) is 0.143. The van der Waals surface area contributed by atoms with Crippen molar-refractivity contribution in [3.63, 3.8) is 0 Å². The highest BCUT2D eigenvalue weighted by Crippen LogP contribution is 2.34. The van der Waals surface area contributed by atoms with Crippen LogP contribution in [0.15, 0.2) is 41.8 Å². The van der Waals surface area contributed by atoms with Crippen molar-refractivity contribution in [3.8, 4) is 10.6 Å². The fourth-order valence-corrected chi connectivity index (χ4v) is 3.24. The molecule has 86 valence electrons. The molecule has 3 heteroatoms. The molecule has 0 amide bonds. The van der Waals surface area contributed by atoms with Crippen LogP contribution >= 0.6 is 11.3 Å². The SMILES string of the molecule is Cn1c(-c2cccs2)c(CN)c2ccccc21. The van der Waals surface area contributed by atoms with E-state index in [0.717, 1.165) is 0 Å². The van der Waals surface area contributed by atoms with Gasteiger partial charge in [0.25, 0.3) is 0 Å². The maximum Gasteiger partial charge on any atom is 0.0635 e. The van der Waals surface area contributed by atoms with Crippen LogP contribution in [0.4, 0.5) is 0 Å². The molecule has 3 aromatic rings. The van der Waals surface area contributed by atoms with E-state index < -0.39 is 0 Å². The monoisotopic (exact) mass is 242 g/mol. The zero-order chi connectivity index (χ0) is 11.8. The number of aryl methyl sites for hydroxylation is 1. The fourth-order valence-electron chi connectivity index (χ4n) is 2.41. The highest BCUT2D eigenvalue weighted by atomic mass is 32.1. The molecular weight excluding hydrogens is 228 g/mol. The van der Waals surface area contributed by atoms with Gasteiger partial charge in [-0.2, -0.15) is 0 Å². The Hall–Kier alpha value is -1.58. The molecule has 2 nitrogen and oxygen atoms in total. The number of para-hydroxylation sites is 1. The van der Waals surface area contributed by atoms with Crippen molar-refractivity contribution >= 4 is 22.2 Å². The smallest absolute Gasteiger partial charge is 0.0635 e. The lowest BCUT2D eigenvalue weighted by atomic mass is 10.1. The Labute approximate surface area is 104 Å². The van der Waals surface area contributed by atoms with E-state index in [0.29, 0.717) is 6.54 Å². The predicted molar refractivity (Wildman–Crippen MR) is 74.1 cm³/mol. The molecule has 0 aliphatic heterocycles. The summed E-state index contributed by atoms with van der Waals surface area (Å²) in [5.41, 5.74) is 9.67. The van der Waals surface area contributed by atoms with Crippen LogP contribution in [-0.2, 0) is 13.6 Å². The van der Waals surface area contributed by atoms with Crippen molar-refractivity contribution in [1.29, 1.82) is 0 Å². The van der Waals surface area contributed by atoms with Crippen molar-refractivity contribution < 1.29 is 0 Å². The molecule has 0 unspecified atom stereocenters. The number of nitrogens with two attached hydrogens (primary N) is 1. The van der Waals surface area contributed by atoms with Gasteiger partial charge in [-0.1, -0.05) is 24.3 Å². The van der Waals surface area contributed by atoms with Crippen molar-refractivity contribution in [3.05, 3.63) is 47.3 Å². The highest BCUT2D eigenvalue weighted by molar-refractivity contribution is 7.13. The Kier molecular flexibility index (Phi) is 2.50. The summed E-state index contributed by atoms with van der Waals surface area (Å²) in [6.07, 6.45) is 0. The first-order valence-corrected chi connectivity index (χ1v) is 6.51. The second kappa shape index (κ2) is 4.02. The standard InChI is InChI=1S/C14H14N2S/c1-16-12-6-3-2-5-10(12)11(9-15)14(16)13-7-4-8-17-13/h2-8H,9,15H2,1H3. The second-order valence-corrected chi connectivity index (χ2v) is 5.03. The molecule has 17 heavy (non-hydrogen) atoms.